The molecule has 1 unspecified atom stereocenters. The van der Waals surface area contributed by atoms with Gasteiger partial charge in [-0.15, -0.1) is 11.6 Å². The van der Waals surface area contributed by atoms with E-state index < -0.39 is 11.3 Å². The minimum absolute atomic E-state index is 0.712. The van der Waals surface area contributed by atoms with E-state index in [1.807, 2.05) is 0 Å². The number of hydrogen-bond donors (Lipinski definition) is 2. The molecule has 0 saturated heterocycles. The number of halogens is 1. The molecule has 0 heterocycles. The zero-order valence-electron chi connectivity index (χ0n) is 3.78. The summed E-state index contributed by atoms with van der Waals surface area (Å²) in [7, 11) is 0. The summed E-state index contributed by atoms with van der Waals surface area (Å²) in [5, 5.41) is 16.9. The van der Waals surface area contributed by atoms with Gasteiger partial charge in [-0.3, -0.25) is 4.79 Å². The Bertz CT molecular complexity index is 113. The smallest absolute Gasteiger partial charge is 0.327 e. The van der Waals surface area contributed by atoms with Crippen LogP contribution in [0.1, 0.15) is 0 Å². The third-order valence-corrected chi connectivity index (χ3v) is 0.733. The Kier molecular flexibility index (Phi) is 2.95. The Labute approximate surface area is 50.4 Å². The van der Waals surface area contributed by atoms with Gasteiger partial charge in [0.05, 0.1) is 6.21 Å². The molecule has 0 amide bonds. The molecule has 0 fully saturated rings. The Morgan fingerprint density at radius 1 is 1.88 bits per heavy atom. The number of aliphatic carboxylic acids is 1. The quantitative estimate of drug-likeness (QED) is 0.246. The van der Waals surface area contributed by atoms with Crippen LogP contribution >= 0.6 is 11.6 Å². The van der Waals surface area contributed by atoms with Crippen LogP contribution in [0.25, 0.3) is 0 Å². The fourth-order valence-electron chi connectivity index (χ4n) is 0.122. The molecule has 0 aliphatic rings. The van der Waals surface area contributed by atoms with E-state index in [1.54, 1.807) is 0 Å². The van der Waals surface area contributed by atoms with Crippen molar-refractivity contribution in [3.63, 3.8) is 0 Å². The van der Waals surface area contributed by atoms with Gasteiger partial charge in [0, 0.05) is 0 Å². The van der Waals surface area contributed by atoms with E-state index in [0.717, 1.165) is 0 Å². The number of oxime groups is 1. The van der Waals surface area contributed by atoms with Crippen LogP contribution in [0.15, 0.2) is 5.16 Å². The summed E-state index contributed by atoms with van der Waals surface area (Å²) in [6, 6.07) is 0. The van der Waals surface area contributed by atoms with E-state index in [9.17, 15) is 4.79 Å². The van der Waals surface area contributed by atoms with Gasteiger partial charge in [-0.05, 0) is 0 Å². The summed E-state index contributed by atoms with van der Waals surface area (Å²) in [5.41, 5.74) is 0. The molecule has 4 nitrogen and oxygen atoms in total. The van der Waals surface area contributed by atoms with Crippen LogP contribution in [0.4, 0.5) is 0 Å². The summed E-state index contributed by atoms with van der Waals surface area (Å²) >= 11 is 5.01. The molecule has 0 radical (unpaired) electrons. The van der Waals surface area contributed by atoms with Crippen molar-refractivity contribution in [2.24, 2.45) is 5.16 Å². The second kappa shape index (κ2) is 3.26. The SMILES string of the molecule is O=C(O)C(Cl)C=NO. The van der Waals surface area contributed by atoms with Gasteiger partial charge in [0.25, 0.3) is 0 Å². The maximum Gasteiger partial charge on any atom is 0.327 e. The minimum atomic E-state index is -1.24. The summed E-state index contributed by atoms with van der Waals surface area (Å²) < 4.78 is 0. The maximum atomic E-state index is 9.75. The van der Waals surface area contributed by atoms with Crippen LogP contribution in [-0.2, 0) is 4.79 Å². The number of carbonyl (C=O) groups is 1. The minimum Gasteiger partial charge on any atom is -0.480 e. The molecule has 0 aliphatic carbocycles. The second-order valence-electron chi connectivity index (χ2n) is 1.00. The van der Waals surface area contributed by atoms with Crippen molar-refractivity contribution in [1.29, 1.82) is 0 Å². The van der Waals surface area contributed by atoms with Crippen molar-refractivity contribution >= 4 is 23.8 Å². The molecule has 0 rings (SSSR count). The van der Waals surface area contributed by atoms with Crippen LogP contribution in [0.2, 0.25) is 0 Å². The van der Waals surface area contributed by atoms with Crippen LogP contribution in [0, 0.1) is 0 Å². The van der Waals surface area contributed by atoms with Crippen molar-refractivity contribution in [3.05, 3.63) is 0 Å². The molecule has 8 heavy (non-hydrogen) atoms. The van der Waals surface area contributed by atoms with E-state index in [1.165, 1.54) is 0 Å². The predicted molar refractivity (Wildman–Crippen MR) is 27.6 cm³/mol. The molecule has 46 valence electrons. The van der Waals surface area contributed by atoms with Crippen molar-refractivity contribution in [1.82, 2.24) is 0 Å². The Balaban J connectivity index is 3.64. The zero-order valence-corrected chi connectivity index (χ0v) is 4.54. The van der Waals surface area contributed by atoms with E-state index in [-0.39, 0.29) is 0 Å². The van der Waals surface area contributed by atoms with Crippen LogP contribution in [0.5, 0.6) is 0 Å². The van der Waals surface area contributed by atoms with Gasteiger partial charge in [0.15, 0.2) is 5.38 Å². The largest absolute Gasteiger partial charge is 0.480 e. The van der Waals surface area contributed by atoms with Crippen LogP contribution in [0.3, 0.4) is 0 Å². The second-order valence-corrected chi connectivity index (χ2v) is 1.47. The van der Waals surface area contributed by atoms with Gasteiger partial charge in [0.1, 0.15) is 0 Å². The van der Waals surface area contributed by atoms with E-state index >= 15 is 0 Å². The first-order valence-corrected chi connectivity index (χ1v) is 2.16. The van der Waals surface area contributed by atoms with E-state index in [2.05, 4.69) is 5.16 Å². The molecule has 0 aromatic heterocycles. The molecule has 0 bridgehead atoms. The van der Waals surface area contributed by atoms with E-state index in [0.29, 0.717) is 6.21 Å². The van der Waals surface area contributed by atoms with Gasteiger partial charge < -0.3 is 10.3 Å². The molecule has 0 aliphatic heterocycles. The molecular weight excluding hydrogens is 133 g/mol. The van der Waals surface area contributed by atoms with Gasteiger partial charge >= 0.3 is 5.97 Å². The molecule has 0 aromatic carbocycles. The first-order valence-electron chi connectivity index (χ1n) is 1.73. The lowest BCUT2D eigenvalue weighted by molar-refractivity contribution is -0.135. The topological polar surface area (TPSA) is 69.9 Å². The number of rotatable bonds is 2. The van der Waals surface area contributed by atoms with Crippen molar-refractivity contribution in [2.45, 2.75) is 5.38 Å². The summed E-state index contributed by atoms with van der Waals surface area (Å²) in [6.45, 7) is 0. The molecule has 0 saturated carbocycles. The van der Waals surface area contributed by atoms with Gasteiger partial charge in [-0.25, -0.2) is 0 Å². The fraction of sp³-hybridized carbons (Fsp3) is 0.333. The van der Waals surface area contributed by atoms with Crippen LogP contribution in [-0.4, -0.2) is 27.9 Å². The molecule has 5 heteroatoms. The van der Waals surface area contributed by atoms with Gasteiger partial charge in [-0.2, -0.15) is 0 Å². The predicted octanol–water partition coefficient (Wildman–Crippen LogP) is 0.138. The average Bonchev–Trinajstić information content (AvgIpc) is 1.67. The van der Waals surface area contributed by atoms with Gasteiger partial charge in [-0.1, -0.05) is 5.16 Å². The average molecular weight is 138 g/mol. The molecular formula is C3H4ClNO3. The van der Waals surface area contributed by atoms with Crippen molar-refractivity contribution in [3.8, 4) is 0 Å². The van der Waals surface area contributed by atoms with Crippen LogP contribution < -0.4 is 0 Å². The fourth-order valence-corrected chi connectivity index (χ4v) is 0.173. The third kappa shape index (κ3) is 2.41. The standard InChI is InChI=1S/C3H4ClNO3/c4-2(1-5-8)3(6)7/h1-2,8H,(H,6,7). The Morgan fingerprint density at radius 3 is 2.50 bits per heavy atom. The first kappa shape index (κ1) is 7.23. The third-order valence-electron chi connectivity index (χ3n) is 0.433. The number of carboxylic acids is 1. The maximum absolute atomic E-state index is 9.75. The lowest BCUT2D eigenvalue weighted by Crippen LogP contribution is -2.13. The van der Waals surface area contributed by atoms with Gasteiger partial charge in [0.2, 0.25) is 0 Å². The molecule has 1 atom stereocenters. The monoisotopic (exact) mass is 137 g/mol. The lowest BCUT2D eigenvalue weighted by atomic mass is 10.5. The summed E-state index contributed by atoms with van der Waals surface area (Å²) in [4.78, 5) is 9.75. The molecule has 0 aromatic rings. The summed E-state index contributed by atoms with van der Waals surface area (Å²) in [6.07, 6.45) is 0.712. The molecule has 0 spiro atoms. The van der Waals surface area contributed by atoms with Crippen molar-refractivity contribution in [2.75, 3.05) is 0 Å². The Morgan fingerprint density at radius 2 is 2.38 bits per heavy atom. The highest BCUT2D eigenvalue weighted by molar-refractivity contribution is 6.37. The number of carboxylic acid groups (broad SMARTS) is 1. The highest BCUT2D eigenvalue weighted by atomic mass is 35.5. The van der Waals surface area contributed by atoms with E-state index in [4.69, 9.17) is 21.9 Å². The Hall–Kier alpha value is -0.770. The first-order chi connectivity index (χ1) is 3.68. The molecule has 2 N–H and O–H groups in total. The lowest BCUT2D eigenvalue weighted by Gasteiger charge is -1.89. The van der Waals surface area contributed by atoms with Crippen molar-refractivity contribution < 1.29 is 15.1 Å². The zero-order chi connectivity index (χ0) is 6.57. The summed E-state index contributed by atoms with van der Waals surface area (Å²) in [5.74, 6) is -1.23. The number of nitrogens with zero attached hydrogens (tertiary/aromatic N) is 1. The highest BCUT2D eigenvalue weighted by Gasteiger charge is 2.08. The number of hydrogen-bond acceptors (Lipinski definition) is 3. The highest BCUT2D eigenvalue weighted by Crippen LogP contribution is 1.89. The normalized spacial score (nSPS) is 14.1. The number of alkyl halides is 1.